The Hall–Kier alpha value is -2.86. The van der Waals surface area contributed by atoms with Crippen molar-refractivity contribution in [3.8, 4) is 5.75 Å². The lowest BCUT2D eigenvalue weighted by molar-refractivity contribution is -0.177. The fraction of sp³-hybridized carbons (Fsp3) is 0.462. The molecule has 1 N–H and O–H groups in total. The minimum Gasteiger partial charge on any atom is -0.472 e. The van der Waals surface area contributed by atoms with Crippen molar-refractivity contribution in [1.82, 2.24) is 14.9 Å². The molecule has 2 fully saturated rings. The van der Waals surface area contributed by atoms with Crippen molar-refractivity contribution in [3.63, 3.8) is 0 Å². The molecule has 6 heteroatoms. The number of pyridine rings is 1. The second kappa shape index (κ2) is 7.62. The van der Waals surface area contributed by atoms with Crippen molar-refractivity contribution in [3.05, 3.63) is 59.0 Å². The first-order valence-corrected chi connectivity index (χ1v) is 11.8. The van der Waals surface area contributed by atoms with Crippen LogP contribution in [0.2, 0.25) is 0 Å². The van der Waals surface area contributed by atoms with E-state index in [0.29, 0.717) is 11.5 Å². The summed E-state index contributed by atoms with van der Waals surface area (Å²) < 4.78 is 12.6. The third-order valence-electron chi connectivity index (χ3n) is 7.64. The van der Waals surface area contributed by atoms with Gasteiger partial charge in [0.25, 0.3) is 0 Å². The van der Waals surface area contributed by atoms with Crippen LogP contribution in [0.1, 0.15) is 59.3 Å². The van der Waals surface area contributed by atoms with Crippen molar-refractivity contribution in [2.45, 2.75) is 57.8 Å². The van der Waals surface area contributed by atoms with Gasteiger partial charge in [-0.3, -0.25) is 9.88 Å². The van der Waals surface area contributed by atoms with Crippen LogP contribution in [0.4, 0.5) is 0 Å². The molecule has 2 unspecified atom stereocenters. The molecule has 2 aromatic heterocycles. The minimum absolute atomic E-state index is 0.162. The lowest BCUT2D eigenvalue weighted by Gasteiger charge is -2.56. The maximum absolute atomic E-state index is 13.2. The zero-order valence-electron chi connectivity index (χ0n) is 18.5. The van der Waals surface area contributed by atoms with Crippen LogP contribution >= 0.6 is 0 Å². The number of nitrogens with one attached hydrogen (secondary N) is 1. The number of H-pyrrole nitrogens is 1. The van der Waals surface area contributed by atoms with E-state index in [1.54, 1.807) is 12.4 Å². The number of hydrogen-bond donors (Lipinski definition) is 1. The van der Waals surface area contributed by atoms with E-state index in [2.05, 4.69) is 20.9 Å². The van der Waals surface area contributed by atoms with E-state index >= 15 is 0 Å². The first kappa shape index (κ1) is 19.8. The minimum atomic E-state index is -0.290. The van der Waals surface area contributed by atoms with Gasteiger partial charge in [-0.05, 0) is 68.9 Å². The van der Waals surface area contributed by atoms with Crippen LogP contribution in [-0.4, -0.2) is 39.7 Å². The van der Waals surface area contributed by atoms with Gasteiger partial charge >= 0.3 is 5.97 Å². The number of piperidine rings is 2. The normalized spacial score (nSPS) is 24.8. The molecule has 5 heterocycles. The van der Waals surface area contributed by atoms with Gasteiger partial charge < -0.3 is 14.5 Å². The molecule has 1 spiro atoms. The molecule has 0 bridgehead atoms. The van der Waals surface area contributed by atoms with Crippen LogP contribution < -0.4 is 4.74 Å². The first-order valence-electron chi connectivity index (χ1n) is 11.8. The Balaban J connectivity index is 1.38. The highest BCUT2D eigenvalue weighted by molar-refractivity contribution is 6.07. The molecule has 2 saturated heterocycles. The highest BCUT2D eigenvalue weighted by atomic mass is 16.5. The fourth-order valence-electron chi connectivity index (χ4n) is 6.17. The number of aromatic nitrogens is 2. The zero-order valence-corrected chi connectivity index (χ0v) is 18.5. The number of ether oxygens (including phenoxy) is 2. The van der Waals surface area contributed by atoms with Gasteiger partial charge in [-0.15, -0.1) is 0 Å². The van der Waals surface area contributed by atoms with Gasteiger partial charge in [-0.25, -0.2) is 4.79 Å². The molecule has 0 saturated carbocycles. The lowest BCUT2D eigenvalue weighted by atomic mass is 9.74. The molecule has 0 radical (unpaired) electrons. The van der Waals surface area contributed by atoms with Crippen molar-refractivity contribution in [2.24, 2.45) is 5.92 Å². The maximum atomic E-state index is 13.2. The van der Waals surface area contributed by atoms with E-state index in [1.807, 2.05) is 25.1 Å². The van der Waals surface area contributed by atoms with Gasteiger partial charge in [0.2, 0.25) is 0 Å². The largest absolute Gasteiger partial charge is 0.472 e. The van der Waals surface area contributed by atoms with Gasteiger partial charge in [-0.1, -0.05) is 0 Å². The summed E-state index contributed by atoms with van der Waals surface area (Å²) in [7, 11) is 0. The van der Waals surface area contributed by atoms with Crippen molar-refractivity contribution in [1.29, 1.82) is 0 Å². The van der Waals surface area contributed by atoms with Crippen molar-refractivity contribution in [2.75, 3.05) is 13.1 Å². The van der Waals surface area contributed by atoms with E-state index in [0.717, 1.165) is 59.4 Å². The predicted octanol–water partition coefficient (Wildman–Crippen LogP) is 4.76. The Morgan fingerprint density at radius 2 is 2.06 bits per heavy atom. The molecule has 1 aromatic carbocycles. The second-order valence-electron chi connectivity index (χ2n) is 9.46. The third-order valence-corrected chi connectivity index (χ3v) is 7.64. The van der Waals surface area contributed by atoms with Gasteiger partial charge in [-0.2, -0.15) is 0 Å². The second-order valence-corrected chi connectivity index (χ2v) is 9.46. The first-order chi connectivity index (χ1) is 15.7. The molecule has 3 aromatic rings. The molecule has 3 aliphatic heterocycles. The van der Waals surface area contributed by atoms with Gasteiger partial charge in [0.1, 0.15) is 12.4 Å². The quantitative estimate of drug-likeness (QED) is 0.606. The molecule has 3 aliphatic rings. The van der Waals surface area contributed by atoms with E-state index in [9.17, 15) is 4.79 Å². The van der Waals surface area contributed by atoms with Crippen LogP contribution in [0, 0.1) is 12.8 Å². The molecule has 2 atom stereocenters. The summed E-state index contributed by atoms with van der Waals surface area (Å²) in [6, 6.07) is 7.87. The number of nitrogens with zero attached hydrogens (tertiary/aromatic N) is 2. The Bertz CT molecular complexity index is 1170. The SMILES string of the molecule is Cc1[nH]c2ccc3c(c2c1C(=O)OCc1ccncc1)CC1CCCN2CCCCC12O3. The molecule has 32 heavy (non-hydrogen) atoms. The summed E-state index contributed by atoms with van der Waals surface area (Å²) in [4.78, 5) is 23.2. The molecular weight excluding hydrogens is 402 g/mol. The van der Waals surface area contributed by atoms with Crippen molar-refractivity contribution < 1.29 is 14.3 Å². The monoisotopic (exact) mass is 431 g/mol. The number of esters is 1. The van der Waals surface area contributed by atoms with E-state index < -0.39 is 0 Å². The molecule has 6 nitrogen and oxygen atoms in total. The van der Waals surface area contributed by atoms with Gasteiger partial charge in [0, 0.05) is 60.0 Å². The summed E-state index contributed by atoms with van der Waals surface area (Å²) in [5, 5.41) is 0.975. The maximum Gasteiger partial charge on any atom is 0.340 e. The number of aryl methyl sites for hydroxylation is 1. The number of aromatic amines is 1. The van der Waals surface area contributed by atoms with E-state index in [1.165, 1.54) is 25.7 Å². The third kappa shape index (κ3) is 3.04. The van der Waals surface area contributed by atoms with Gasteiger partial charge in [0.15, 0.2) is 5.72 Å². The van der Waals surface area contributed by atoms with E-state index in [-0.39, 0.29) is 18.3 Å². The number of fused-ring (bicyclic) bond motifs is 3. The summed E-state index contributed by atoms with van der Waals surface area (Å²) in [6.07, 6.45) is 10.3. The number of benzene rings is 1. The predicted molar refractivity (Wildman–Crippen MR) is 122 cm³/mol. The molecular formula is C26H29N3O3. The number of hydrogen-bond acceptors (Lipinski definition) is 5. The van der Waals surface area contributed by atoms with Crippen LogP contribution in [0.25, 0.3) is 10.9 Å². The Morgan fingerprint density at radius 3 is 2.94 bits per heavy atom. The summed E-state index contributed by atoms with van der Waals surface area (Å²) in [6.45, 7) is 4.44. The number of carbonyl (C=O) groups excluding carboxylic acids is 1. The highest BCUT2D eigenvalue weighted by Crippen LogP contribution is 2.50. The Morgan fingerprint density at radius 1 is 1.22 bits per heavy atom. The molecule has 0 aliphatic carbocycles. The Labute approximate surface area is 187 Å². The lowest BCUT2D eigenvalue weighted by Crippen LogP contribution is -2.64. The smallest absolute Gasteiger partial charge is 0.340 e. The van der Waals surface area contributed by atoms with Crippen LogP contribution in [-0.2, 0) is 17.8 Å². The summed E-state index contributed by atoms with van der Waals surface area (Å²) in [5.41, 5.74) is 4.39. The molecule has 166 valence electrons. The van der Waals surface area contributed by atoms with Crippen molar-refractivity contribution >= 4 is 16.9 Å². The van der Waals surface area contributed by atoms with E-state index in [4.69, 9.17) is 9.47 Å². The molecule has 0 amide bonds. The standard InChI is InChI=1S/C26H29N3O3/c1-17-23(25(30)31-16-18-8-11-27-12-9-18)24-20-15-19-5-4-14-29-13-3-2-10-26(19,29)32-22(20)7-6-21(24)28-17/h6-9,11-12,19,28H,2-5,10,13-16H2,1H3. The average molecular weight is 432 g/mol. The zero-order chi connectivity index (χ0) is 21.7. The summed E-state index contributed by atoms with van der Waals surface area (Å²) in [5.74, 6) is 1.11. The average Bonchev–Trinajstić information content (AvgIpc) is 3.17. The Kier molecular flexibility index (Phi) is 4.72. The number of rotatable bonds is 3. The number of carbonyl (C=O) groups is 1. The van der Waals surface area contributed by atoms with Crippen LogP contribution in [0.15, 0.2) is 36.7 Å². The fourth-order valence-corrected chi connectivity index (χ4v) is 6.17. The summed E-state index contributed by atoms with van der Waals surface area (Å²) >= 11 is 0. The highest BCUT2D eigenvalue weighted by Gasteiger charge is 2.52. The van der Waals surface area contributed by atoms with Gasteiger partial charge in [0.05, 0.1) is 5.56 Å². The molecule has 6 rings (SSSR count). The van der Waals surface area contributed by atoms with Crippen LogP contribution in [0.3, 0.4) is 0 Å². The topological polar surface area (TPSA) is 67.5 Å². The van der Waals surface area contributed by atoms with Crippen LogP contribution in [0.5, 0.6) is 5.75 Å².